The molecular weight excluding hydrogens is 364 g/mol. The van der Waals surface area contributed by atoms with E-state index in [9.17, 15) is 9.59 Å². The van der Waals surface area contributed by atoms with Gasteiger partial charge in [-0.15, -0.1) is 0 Å². The topological polar surface area (TPSA) is 67.4 Å². The van der Waals surface area contributed by atoms with E-state index in [4.69, 9.17) is 4.74 Å². The van der Waals surface area contributed by atoms with E-state index in [0.717, 1.165) is 18.4 Å². The maximum Gasteiger partial charge on any atom is 0.251 e. The summed E-state index contributed by atoms with van der Waals surface area (Å²) in [6.07, 6.45) is 3.61. The summed E-state index contributed by atoms with van der Waals surface area (Å²) in [6.45, 7) is 4.39. The largest absolute Gasteiger partial charge is 0.374 e. The predicted octanol–water partition coefficient (Wildman–Crippen LogP) is 3.73. The van der Waals surface area contributed by atoms with Gasteiger partial charge in [0.15, 0.2) is 0 Å². The van der Waals surface area contributed by atoms with Gasteiger partial charge in [-0.3, -0.25) is 9.59 Å². The molecule has 0 aliphatic heterocycles. The van der Waals surface area contributed by atoms with Gasteiger partial charge in [-0.1, -0.05) is 42.5 Å². The average molecular weight is 392 g/mol. The van der Waals surface area contributed by atoms with Crippen molar-refractivity contribution in [1.29, 1.82) is 0 Å². The Labute approximate surface area is 172 Å². The molecule has 1 aliphatic rings. The molecule has 2 N–H and O–H groups in total. The minimum atomic E-state index is -0.105. The Morgan fingerprint density at radius 2 is 1.45 bits per heavy atom. The van der Waals surface area contributed by atoms with Crippen LogP contribution in [0.25, 0.3) is 0 Å². The van der Waals surface area contributed by atoms with E-state index in [2.05, 4.69) is 10.6 Å². The number of benzene rings is 2. The van der Waals surface area contributed by atoms with Gasteiger partial charge in [-0.2, -0.15) is 0 Å². The number of hydrogen-bond donors (Lipinski definition) is 2. The molecular formula is C24H28N2O3. The number of amides is 2. The number of carbonyl (C=O) groups excluding carboxylic acids is 2. The van der Waals surface area contributed by atoms with Crippen molar-refractivity contribution < 1.29 is 14.3 Å². The molecule has 3 rings (SSSR count). The maximum atomic E-state index is 12.6. The summed E-state index contributed by atoms with van der Waals surface area (Å²) in [5.74, 6) is -0.194. The molecule has 5 nitrogen and oxygen atoms in total. The summed E-state index contributed by atoms with van der Waals surface area (Å²) in [4.78, 5) is 25.1. The van der Waals surface area contributed by atoms with Crippen LogP contribution < -0.4 is 10.6 Å². The molecule has 2 atom stereocenters. The first-order valence-electron chi connectivity index (χ1n) is 10.1. The summed E-state index contributed by atoms with van der Waals surface area (Å²) in [5, 5.41) is 6.19. The minimum absolute atomic E-state index is 0.0839. The highest BCUT2D eigenvalue weighted by Crippen LogP contribution is 2.21. The van der Waals surface area contributed by atoms with Gasteiger partial charge in [0.05, 0.1) is 18.8 Å². The minimum Gasteiger partial charge on any atom is -0.374 e. The lowest BCUT2D eigenvalue weighted by molar-refractivity contribution is 0.0854. The molecule has 0 fully saturated rings. The van der Waals surface area contributed by atoms with Gasteiger partial charge >= 0.3 is 0 Å². The second-order valence-corrected chi connectivity index (χ2v) is 7.52. The molecule has 5 heteroatoms. The van der Waals surface area contributed by atoms with E-state index in [1.165, 1.54) is 0 Å². The van der Waals surface area contributed by atoms with Gasteiger partial charge in [0.1, 0.15) is 0 Å². The molecule has 29 heavy (non-hydrogen) atoms. The van der Waals surface area contributed by atoms with Crippen molar-refractivity contribution in [2.45, 2.75) is 44.9 Å². The fraction of sp³-hybridized carbons (Fsp3) is 0.333. The Kier molecular flexibility index (Phi) is 7.19. The maximum absolute atomic E-state index is 12.6. The van der Waals surface area contributed by atoms with Crippen molar-refractivity contribution in [3.8, 4) is 0 Å². The highest BCUT2D eigenvalue weighted by molar-refractivity contribution is 5.95. The van der Waals surface area contributed by atoms with Crippen LogP contribution in [-0.4, -0.2) is 36.6 Å². The number of rotatable bonds is 7. The van der Waals surface area contributed by atoms with E-state index in [0.29, 0.717) is 17.7 Å². The van der Waals surface area contributed by atoms with Gasteiger partial charge in [0.25, 0.3) is 11.8 Å². The van der Waals surface area contributed by atoms with Crippen LogP contribution in [0.4, 0.5) is 0 Å². The van der Waals surface area contributed by atoms with E-state index in [1.807, 2.05) is 56.3 Å². The Morgan fingerprint density at radius 3 is 2.00 bits per heavy atom. The summed E-state index contributed by atoms with van der Waals surface area (Å²) in [7, 11) is 0. The van der Waals surface area contributed by atoms with Gasteiger partial charge in [-0.05, 0) is 56.5 Å². The number of nitrogens with one attached hydrogen (secondary N) is 2. The molecule has 0 heterocycles. The van der Waals surface area contributed by atoms with Crippen molar-refractivity contribution in [3.63, 3.8) is 0 Å². The molecule has 0 saturated carbocycles. The number of ether oxygens (including phenoxy) is 1. The first-order chi connectivity index (χ1) is 14.0. The van der Waals surface area contributed by atoms with Crippen LogP contribution in [0.5, 0.6) is 0 Å². The van der Waals surface area contributed by atoms with Gasteiger partial charge < -0.3 is 15.4 Å². The standard InChI is InChI=1S/C24H28N2O3/c1-17(2)29-16-20-15-21(25-23(27)18-9-5-3-6-10-18)13-14-22(20)26-24(28)19-11-7-4-8-12-19/h3-12,15,17,21-22H,13-14,16H2,1-2H3,(H,25,27)(H,26,28)/t21-,22+/m0/s1. The fourth-order valence-electron chi connectivity index (χ4n) is 3.35. The van der Waals surface area contributed by atoms with Crippen molar-refractivity contribution >= 4 is 11.8 Å². The first-order valence-corrected chi connectivity index (χ1v) is 10.1. The molecule has 152 valence electrons. The second-order valence-electron chi connectivity index (χ2n) is 7.52. The summed E-state index contributed by atoms with van der Waals surface area (Å²) in [6, 6.07) is 18.2. The molecule has 0 saturated heterocycles. The lowest BCUT2D eigenvalue weighted by Crippen LogP contribution is -2.44. The molecule has 0 bridgehead atoms. The van der Waals surface area contributed by atoms with Gasteiger partial charge in [0.2, 0.25) is 0 Å². The summed E-state index contributed by atoms with van der Waals surface area (Å²) in [5.41, 5.74) is 2.27. The lowest BCUT2D eigenvalue weighted by atomic mass is 9.90. The normalized spacial score (nSPS) is 18.8. The highest BCUT2D eigenvalue weighted by atomic mass is 16.5. The third-order valence-corrected chi connectivity index (χ3v) is 4.91. The van der Waals surface area contributed by atoms with Crippen molar-refractivity contribution in [3.05, 3.63) is 83.4 Å². The quantitative estimate of drug-likeness (QED) is 0.706. The fourth-order valence-corrected chi connectivity index (χ4v) is 3.35. The second kappa shape index (κ2) is 10.0. The third-order valence-electron chi connectivity index (χ3n) is 4.91. The van der Waals surface area contributed by atoms with E-state index >= 15 is 0 Å². The van der Waals surface area contributed by atoms with Crippen LogP contribution in [0, 0.1) is 0 Å². The number of hydrogen-bond acceptors (Lipinski definition) is 3. The van der Waals surface area contributed by atoms with Gasteiger partial charge in [0, 0.05) is 17.2 Å². The molecule has 2 amide bonds. The highest BCUT2D eigenvalue weighted by Gasteiger charge is 2.26. The van der Waals surface area contributed by atoms with Crippen LogP contribution >= 0.6 is 0 Å². The number of carbonyl (C=O) groups is 2. The molecule has 0 radical (unpaired) electrons. The Bertz CT molecular complexity index is 847. The Morgan fingerprint density at radius 1 is 0.897 bits per heavy atom. The molecule has 0 aromatic heterocycles. The average Bonchev–Trinajstić information content (AvgIpc) is 2.74. The van der Waals surface area contributed by atoms with Crippen LogP contribution in [0.2, 0.25) is 0 Å². The zero-order valence-corrected chi connectivity index (χ0v) is 16.9. The van der Waals surface area contributed by atoms with Crippen LogP contribution in [0.1, 0.15) is 47.4 Å². The smallest absolute Gasteiger partial charge is 0.251 e. The zero-order chi connectivity index (χ0) is 20.6. The molecule has 0 spiro atoms. The van der Waals surface area contributed by atoms with Crippen molar-refractivity contribution in [2.75, 3.05) is 6.61 Å². The molecule has 1 aliphatic carbocycles. The molecule has 0 unspecified atom stereocenters. The van der Waals surface area contributed by atoms with Crippen LogP contribution in [0.15, 0.2) is 72.3 Å². The van der Waals surface area contributed by atoms with Crippen molar-refractivity contribution in [1.82, 2.24) is 10.6 Å². The zero-order valence-electron chi connectivity index (χ0n) is 16.9. The van der Waals surface area contributed by atoms with E-state index in [1.54, 1.807) is 24.3 Å². The predicted molar refractivity (Wildman–Crippen MR) is 114 cm³/mol. The Balaban J connectivity index is 1.70. The first kappa shape index (κ1) is 20.8. The Hall–Kier alpha value is -2.92. The van der Waals surface area contributed by atoms with Crippen LogP contribution in [0.3, 0.4) is 0 Å². The van der Waals surface area contributed by atoms with E-state index < -0.39 is 0 Å². The molecule has 2 aromatic carbocycles. The molecule has 2 aromatic rings. The SMILES string of the molecule is CC(C)OCC1=C[C@@H](NC(=O)c2ccccc2)CC[C@H]1NC(=O)c1ccccc1. The lowest BCUT2D eigenvalue weighted by Gasteiger charge is -2.30. The third kappa shape index (κ3) is 6.03. The van der Waals surface area contributed by atoms with Crippen LogP contribution in [-0.2, 0) is 4.74 Å². The summed E-state index contributed by atoms with van der Waals surface area (Å²) < 4.78 is 5.80. The van der Waals surface area contributed by atoms with Crippen molar-refractivity contribution in [2.24, 2.45) is 0 Å². The van der Waals surface area contributed by atoms with E-state index in [-0.39, 0.29) is 30.0 Å². The summed E-state index contributed by atoms with van der Waals surface area (Å²) >= 11 is 0. The monoisotopic (exact) mass is 392 g/mol. The van der Waals surface area contributed by atoms with Gasteiger partial charge in [-0.25, -0.2) is 0 Å².